The third-order valence-electron chi connectivity index (χ3n) is 13.7. The molecule has 0 aliphatic heterocycles. The number of benzene rings is 9. The van der Waals surface area contributed by atoms with E-state index in [1.54, 1.807) is 122 Å². The highest BCUT2D eigenvalue weighted by Gasteiger charge is 2.39. The molecule has 0 bridgehead atoms. The van der Waals surface area contributed by atoms with Gasteiger partial charge in [-0.25, -0.2) is 9.69 Å². The molecule has 0 aliphatic carbocycles. The van der Waals surface area contributed by atoms with Crippen molar-refractivity contribution in [1.29, 1.82) is 0 Å². The van der Waals surface area contributed by atoms with Crippen LogP contribution < -0.4 is 0 Å². The van der Waals surface area contributed by atoms with E-state index in [4.69, 9.17) is 13.1 Å². The van der Waals surface area contributed by atoms with E-state index in [1.807, 2.05) is 9.13 Å². The number of alkyl halides is 12. The highest BCUT2D eigenvalue weighted by molar-refractivity contribution is 6.13. The third kappa shape index (κ3) is 8.65. The first-order valence-corrected chi connectivity index (χ1v) is 23.3. The molecule has 2 heterocycles. The van der Waals surface area contributed by atoms with Gasteiger partial charge >= 0.3 is 24.7 Å². The van der Waals surface area contributed by atoms with Crippen molar-refractivity contribution in [3.05, 3.63) is 227 Å². The summed E-state index contributed by atoms with van der Waals surface area (Å²) in [7, 11) is 0. The zero-order valence-corrected chi connectivity index (χ0v) is 39.6. The van der Waals surface area contributed by atoms with Crippen molar-refractivity contribution in [2.75, 3.05) is 0 Å². The van der Waals surface area contributed by atoms with E-state index in [1.165, 1.54) is 24.3 Å². The first-order chi connectivity index (χ1) is 36.5. The Balaban J connectivity index is 1.19. The summed E-state index contributed by atoms with van der Waals surface area (Å²) in [6.45, 7) is 17.6. The average molecular weight is 1050 g/mol. The first kappa shape index (κ1) is 49.9. The van der Waals surface area contributed by atoms with E-state index >= 15 is 0 Å². The lowest BCUT2D eigenvalue weighted by atomic mass is 9.94. The molecule has 380 valence electrons. The highest BCUT2D eigenvalue weighted by Crippen LogP contribution is 2.48. The fourth-order valence-electron chi connectivity index (χ4n) is 10.3. The van der Waals surface area contributed by atoms with Crippen LogP contribution >= 0.6 is 0 Å². The summed E-state index contributed by atoms with van der Waals surface area (Å²) < 4.78 is 174. The summed E-state index contributed by atoms with van der Waals surface area (Å²) in [6.07, 6.45) is -19.7. The number of rotatable bonds is 6. The number of halogens is 12. The Bertz CT molecular complexity index is 4330. The topological polar surface area (TPSA) is 18.6 Å². The third-order valence-corrected chi connectivity index (χ3v) is 13.7. The fraction of sp³-hybridized carbons (Fsp3) is 0.0820. The van der Waals surface area contributed by atoms with Gasteiger partial charge in [0.25, 0.3) is 0 Å². The summed E-state index contributed by atoms with van der Waals surface area (Å²) >= 11 is 0. The van der Waals surface area contributed by atoms with E-state index in [0.717, 1.165) is 24.3 Å². The van der Waals surface area contributed by atoms with Gasteiger partial charge in [0, 0.05) is 32.7 Å². The number of hydrogen-bond acceptors (Lipinski definition) is 0. The summed E-state index contributed by atoms with van der Waals surface area (Å²) in [5.41, 5.74) is -0.659. The van der Waals surface area contributed by atoms with Crippen LogP contribution in [0.4, 0.5) is 64.1 Å². The van der Waals surface area contributed by atoms with Gasteiger partial charge in [0.05, 0.1) is 63.3 Å². The number of nitrogens with zero attached hydrogens (tertiary/aromatic N) is 4. The van der Waals surface area contributed by atoms with Crippen molar-refractivity contribution < 1.29 is 52.7 Å². The van der Waals surface area contributed by atoms with Crippen LogP contribution in [0.15, 0.2) is 176 Å². The Morgan fingerprint density at radius 2 is 0.818 bits per heavy atom. The molecule has 0 atom stereocenters. The number of aryl methyl sites for hydroxylation is 1. The van der Waals surface area contributed by atoms with Crippen LogP contribution in [-0.2, 0) is 24.7 Å². The van der Waals surface area contributed by atoms with Gasteiger partial charge in [-0.15, -0.1) is 0 Å². The normalized spacial score (nSPS) is 12.5. The molecule has 11 aromatic rings. The van der Waals surface area contributed by atoms with Gasteiger partial charge in [-0.2, -0.15) is 52.7 Å². The molecule has 0 spiro atoms. The van der Waals surface area contributed by atoms with Crippen LogP contribution in [0.5, 0.6) is 0 Å². The second-order valence-electron chi connectivity index (χ2n) is 18.4. The summed E-state index contributed by atoms with van der Waals surface area (Å²) in [4.78, 5) is 7.21. The standard InChI is InChI=1S/C61H32F12N4/c1-33-12-19-40(49(26-33)60(68,69)70)34-15-24-55-47(27-34)44-9-5-7-11-53(44)77(55)57-29-36(42-22-17-38(59(65,66)67)31-51(42)75-3)13-20-45(57)48-32-39(74-2)18-25-56(48)76-52-10-6-4-8-43(52)46-28-35(14-23-54(46)76)41-21-16-37(58(62,63)64)30-50(41)61(71,72)73/h4-32H,1H3. The quantitative estimate of drug-likeness (QED) is 0.117. The lowest BCUT2D eigenvalue weighted by molar-refractivity contribution is -0.143. The Labute approximate surface area is 429 Å². The molecule has 0 unspecified atom stereocenters. The predicted molar refractivity (Wildman–Crippen MR) is 274 cm³/mol. The molecule has 0 radical (unpaired) electrons. The Morgan fingerprint density at radius 3 is 1.36 bits per heavy atom. The van der Waals surface area contributed by atoms with Crippen molar-refractivity contribution in [3.8, 4) is 55.9 Å². The average Bonchev–Trinajstić information content (AvgIpc) is 3.95. The zero-order valence-electron chi connectivity index (χ0n) is 39.6. The van der Waals surface area contributed by atoms with Crippen LogP contribution in [0.25, 0.3) is 109 Å². The van der Waals surface area contributed by atoms with E-state index in [0.29, 0.717) is 83.3 Å². The second kappa shape index (κ2) is 17.9. The van der Waals surface area contributed by atoms with Crippen molar-refractivity contribution in [1.82, 2.24) is 9.13 Å². The van der Waals surface area contributed by atoms with Gasteiger partial charge in [-0.3, -0.25) is 0 Å². The van der Waals surface area contributed by atoms with Gasteiger partial charge in [-0.05, 0) is 125 Å². The Kier molecular flexibility index (Phi) is 11.6. The molecule has 0 amide bonds. The lowest BCUT2D eigenvalue weighted by Crippen LogP contribution is -2.12. The molecule has 77 heavy (non-hydrogen) atoms. The molecule has 2 aromatic heterocycles. The molecule has 0 fully saturated rings. The van der Waals surface area contributed by atoms with Gasteiger partial charge < -0.3 is 9.13 Å². The smallest absolute Gasteiger partial charge is 0.309 e. The van der Waals surface area contributed by atoms with Gasteiger partial charge in [0.15, 0.2) is 11.4 Å². The van der Waals surface area contributed by atoms with Crippen LogP contribution in [-0.4, -0.2) is 9.13 Å². The summed E-state index contributed by atoms with van der Waals surface area (Å²) in [5, 5.41) is 2.13. The number of hydrogen-bond donors (Lipinski definition) is 0. The Hall–Kier alpha value is -9.28. The molecular weight excluding hydrogens is 1020 g/mol. The van der Waals surface area contributed by atoms with Crippen molar-refractivity contribution >= 4 is 55.0 Å². The maximum atomic E-state index is 14.6. The largest absolute Gasteiger partial charge is 0.417 e. The van der Waals surface area contributed by atoms with Crippen molar-refractivity contribution in [2.24, 2.45) is 0 Å². The molecule has 0 saturated carbocycles. The molecule has 0 aliphatic rings. The first-order valence-electron chi connectivity index (χ1n) is 23.3. The molecule has 0 saturated heterocycles. The number of fused-ring (bicyclic) bond motifs is 6. The minimum absolute atomic E-state index is 0.0171. The minimum atomic E-state index is -5.16. The van der Waals surface area contributed by atoms with E-state index < -0.39 is 52.5 Å². The van der Waals surface area contributed by atoms with Gasteiger partial charge in [-0.1, -0.05) is 103 Å². The predicted octanol–water partition coefficient (Wildman–Crippen LogP) is 20.0. The lowest BCUT2D eigenvalue weighted by Gasteiger charge is -2.21. The molecular formula is C61H32F12N4. The van der Waals surface area contributed by atoms with Gasteiger partial charge in [0.1, 0.15) is 0 Å². The van der Waals surface area contributed by atoms with E-state index in [-0.39, 0.29) is 39.7 Å². The molecule has 16 heteroatoms. The van der Waals surface area contributed by atoms with Crippen LogP contribution in [0.1, 0.15) is 27.8 Å². The second-order valence-corrected chi connectivity index (χ2v) is 18.4. The highest BCUT2D eigenvalue weighted by atomic mass is 19.4. The van der Waals surface area contributed by atoms with E-state index in [2.05, 4.69) is 9.69 Å². The van der Waals surface area contributed by atoms with Crippen LogP contribution in [0.3, 0.4) is 0 Å². The van der Waals surface area contributed by atoms with Crippen LogP contribution in [0.2, 0.25) is 0 Å². The van der Waals surface area contributed by atoms with Crippen LogP contribution in [0, 0.1) is 20.1 Å². The Morgan fingerprint density at radius 1 is 0.351 bits per heavy atom. The van der Waals surface area contributed by atoms with Crippen molar-refractivity contribution in [2.45, 2.75) is 31.6 Å². The van der Waals surface area contributed by atoms with Gasteiger partial charge in [0.2, 0.25) is 0 Å². The van der Waals surface area contributed by atoms with E-state index in [9.17, 15) is 52.7 Å². The summed E-state index contributed by atoms with van der Waals surface area (Å²) in [6, 6.07) is 41.6. The SMILES string of the molecule is [C-]#[N+]c1ccc(-n2c3ccccc3c3cc(-c4ccc(C(F)(F)F)cc4C(F)(F)F)ccc32)c(-c2ccc(-c3ccc(C(F)(F)F)cc3[N+]#[C-])cc2-n2c3ccccc3c3cc(-c4ccc(C)cc4C(F)(F)F)ccc32)c1. The van der Waals surface area contributed by atoms with Crippen molar-refractivity contribution in [3.63, 3.8) is 0 Å². The molecule has 11 rings (SSSR count). The zero-order chi connectivity index (χ0) is 54.5. The maximum absolute atomic E-state index is 14.6. The summed E-state index contributed by atoms with van der Waals surface area (Å²) in [5.74, 6) is 0. The molecule has 0 N–H and O–H groups in total. The molecule has 9 aromatic carbocycles. The maximum Gasteiger partial charge on any atom is 0.417 e. The number of aromatic nitrogens is 2. The minimum Gasteiger partial charge on any atom is -0.309 e. The number of para-hydroxylation sites is 2. The monoisotopic (exact) mass is 1050 g/mol. The fourth-order valence-corrected chi connectivity index (χ4v) is 10.3. The molecule has 4 nitrogen and oxygen atoms in total.